The molecular formula is C27H27N3O4. The summed E-state index contributed by atoms with van der Waals surface area (Å²) in [6.45, 7) is 3.57. The first-order chi connectivity index (χ1) is 16.4. The molecule has 7 nitrogen and oxygen atoms in total. The molecule has 0 saturated carbocycles. The summed E-state index contributed by atoms with van der Waals surface area (Å²) in [5.74, 6) is 0.480. The van der Waals surface area contributed by atoms with E-state index >= 15 is 0 Å². The highest BCUT2D eigenvalue weighted by Gasteiger charge is 2.52. The first-order valence-corrected chi connectivity index (χ1v) is 11.3. The number of carbonyl (C=O) groups excluding carboxylic acids is 3. The molecule has 1 fully saturated rings. The van der Waals surface area contributed by atoms with E-state index in [2.05, 4.69) is 10.6 Å². The van der Waals surface area contributed by atoms with Gasteiger partial charge < -0.3 is 15.4 Å². The van der Waals surface area contributed by atoms with E-state index < -0.39 is 23.4 Å². The van der Waals surface area contributed by atoms with Gasteiger partial charge in [0.15, 0.2) is 0 Å². The number of benzene rings is 3. The van der Waals surface area contributed by atoms with E-state index in [4.69, 9.17) is 4.74 Å². The summed E-state index contributed by atoms with van der Waals surface area (Å²) in [7, 11) is 0. The highest BCUT2D eigenvalue weighted by atomic mass is 16.5. The second-order valence-corrected chi connectivity index (χ2v) is 8.33. The predicted molar refractivity (Wildman–Crippen MR) is 130 cm³/mol. The zero-order valence-corrected chi connectivity index (χ0v) is 19.2. The number of hydrogen-bond acceptors (Lipinski definition) is 4. The lowest BCUT2D eigenvalue weighted by Gasteiger charge is -2.26. The van der Waals surface area contributed by atoms with Gasteiger partial charge in [0, 0.05) is 5.69 Å². The van der Waals surface area contributed by atoms with Gasteiger partial charge in [-0.15, -0.1) is 0 Å². The maximum atomic E-state index is 13.3. The van der Waals surface area contributed by atoms with Crippen LogP contribution < -0.4 is 15.4 Å². The Balaban J connectivity index is 1.41. The minimum Gasteiger partial charge on any atom is -0.457 e. The predicted octanol–water partition coefficient (Wildman–Crippen LogP) is 4.97. The molecular weight excluding hydrogens is 430 g/mol. The molecule has 1 aliphatic rings. The molecule has 4 amide bonds. The monoisotopic (exact) mass is 457 g/mol. The van der Waals surface area contributed by atoms with Crippen molar-refractivity contribution in [1.29, 1.82) is 0 Å². The van der Waals surface area contributed by atoms with Gasteiger partial charge in [0.2, 0.25) is 5.91 Å². The molecule has 1 atom stereocenters. The molecule has 1 aliphatic heterocycles. The lowest BCUT2D eigenvalue weighted by atomic mass is 9.85. The molecule has 3 aromatic carbocycles. The van der Waals surface area contributed by atoms with Crippen molar-refractivity contribution in [3.63, 3.8) is 0 Å². The van der Waals surface area contributed by atoms with Crippen LogP contribution in [0.15, 0.2) is 78.9 Å². The van der Waals surface area contributed by atoms with E-state index in [1.165, 1.54) is 0 Å². The molecule has 0 radical (unpaired) electrons. The molecule has 0 aliphatic carbocycles. The number of rotatable bonds is 8. The summed E-state index contributed by atoms with van der Waals surface area (Å²) in [6, 6.07) is 23.2. The SMILES string of the molecule is CCCC1(c2ccccc2)NC(=O)N(CC(=O)Nc2ccc(Oc3cccc(C)c3)cc2)C1=O. The number of anilines is 1. The lowest BCUT2D eigenvalue weighted by Crippen LogP contribution is -2.44. The molecule has 0 spiro atoms. The highest BCUT2D eigenvalue weighted by Crippen LogP contribution is 2.33. The summed E-state index contributed by atoms with van der Waals surface area (Å²) in [4.78, 5) is 39.6. The van der Waals surface area contributed by atoms with Crippen LogP contribution in [-0.2, 0) is 15.1 Å². The number of ether oxygens (including phenoxy) is 1. The Kier molecular flexibility index (Phi) is 6.63. The smallest absolute Gasteiger partial charge is 0.325 e. The van der Waals surface area contributed by atoms with E-state index in [0.717, 1.165) is 16.2 Å². The number of aryl methyl sites for hydroxylation is 1. The van der Waals surface area contributed by atoms with Crippen LogP contribution in [0.25, 0.3) is 0 Å². The quantitative estimate of drug-likeness (QED) is 0.468. The molecule has 3 aromatic rings. The van der Waals surface area contributed by atoms with Crippen LogP contribution in [0.5, 0.6) is 11.5 Å². The summed E-state index contributed by atoms with van der Waals surface area (Å²) >= 11 is 0. The van der Waals surface area contributed by atoms with Gasteiger partial charge in [0.25, 0.3) is 5.91 Å². The van der Waals surface area contributed by atoms with Gasteiger partial charge >= 0.3 is 6.03 Å². The lowest BCUT2D eigenvalue weighted by molar-refractivity contribution is -0.134. The maximum Gasteiger partial charge on any atom is 0.325 e. The first-order valence-electron chi connectivity index (χ1n) is 11.3. The van der Waals surface area contributed by atoms with Crippen molar-refractivity contribution in [2.45, 2.75) is 32.2 Å². The number of amides is 4. The topological polar surface area (TPSA) is 87.7 Å². The average molecular weight is 458 g/mol. The third-order valence-electron chi connectivity index (χ3n) is 5.73. The fourth-order valence-corrected chi connectivity index (χ4v) is 4.14. The number of nitrogens with one attached hydrogen (secondary N) is 2. The maximum absolute atomic E-state index is 13.3. The van der Waals surface area contributed by atoms with Gasteiger partial charge in [-0.25, -0.2) is 4.79 Å². The minimum atomic E-state index is -1.15. The Morgan fingerprint density at radius 2 is 1.71 bits per heavy atom. The van der Waals surface area contributed by atoms with Gasteiger partial charge in [-0.1, -0.05) is 55.8 Å². The van der Waals surface area contributed by atoms with Gasteiger partial charge in [-0.2, -0.15) is 0 Å². The van der Waals surface area contributed by atoms with Gasteiger partial charge in [0.05, 0.1) is 0 Å². The standard InChI is InChI=1S/C27H27N3O4/c1-3-16-27(20-9-5-4-6-10-20)25(32)30(26(33)29-27)18-24(31)28-21-12-14-22(15-13-21)34-23-11-7-8-19(2)17-23/h4-15,17H,3,16,18H2,1-2H3,(H,28,31)(H,29,33). The number of urea groups is 1. The Hall–Kier alpha value is -4.13. The third-order valence-corrected chi connectivity index (χ3v) is 5.73. The normalized spacial score (nSPS) is 17.4. The largest absolute Gasteiger partial charge is 0.457 e. The van der Waals surface area contributed by atoms with Crippen LogP contribution in [0.4, 0.5) is 10.5 Å². The van der Waals surface area contributed by atoms with E-state index in [1.807, 2.05) is 68.4 Å². The molecule has 0 bridgehead atoms. The Labute approximate surface area is 198 Å². The van der Waals surface area contributed by atoms with Crippen molar-refractivity contribution in [3.8, 4) is 11.5 Å². The Bertz CT molecular complexity index is 1190. The second kappa shape index (κ2) is 9.79. The van der Waals surface area contributed by atoms with Gasteiger partial charge in [-0.3, -0.25) is 14.5 Å². The van der Waals surface area contributed by atoms with Crippen molar-refractivity contribution >= 4 is 23.5 Å². The van der Waals surface area contributed by atoms with Crippen LogP contribution >= 0.6 is 0 Å². The van der Waals surface area contributed by atoms with Crippen LogP contribution in [0.3, 0.4) is 0 Å². The summed E-state index contributed by atoms with van der Waals surface area (Å²) in [5, 5.41) is 5.57. The summed E-state index contributed by atoms with van der Waals surface area (Å²) < 4.78 is 5.82. The number of nitrogens with zero attached hydrogens (tertiary/aromatic N) is 1. The van der Waals surface area contributed by atoms with Crippen molar-refractivity contribution in [1.82, 2.24) is 10.2 Å². The van der Waals surface area contributed by atoms with Gasteiger partial charge in [-0.05, 0) is 60.9 Å². The number of carbonyl (C=O) groups is 3. The van der Waals surface area contributed by atoms with E-state index in [-0.39, 0.29) is 6.54 Å². The molecule has 2 N–H and O–H groups in total. The van der Waals surface area contributed by atoms with Crippen molar-refractivity contribution in [2.24, 2.45) is 0 Å². The van der Waals surface area contributed by atoms with E-state index in [9.17, 15) is 14.4 Å². The molecule has 0 aromatic heterocycles. The molecule has 1 unspecified atom stereocenters. The van der Waals surface area contributed by atoms with Crippen LogP contribution in [-0.4, -0.2) is 29.3 Å². The van der Waals surface area contributed by atoms with Crippen LogP contribution in [0, 0.1) is 6.92 Å². The number of imide groups is 1. The zero-order valence-electron chi connectivity index (χ0n) is 19.2. The fourth-order valence-electron chi connectivity index (χ4n) is 4.14. The molecule has 1 heterocycles. The van der Waals surface area contributed by atoms with Crippen LogP contribution in [0.2, 0.25) is 0 Å². The zero-order chi connectivity index (χ0) is 24.1. The van der Waals surface area contributed by atoms with E-state index in [1.54, 1.807) is 24.3 Å². The third kappa shape index (κ3) is 4.78. The average Bonchev–Trinajstić information content (AvgIpc) is 3.06. The highest BCUT2D eigenvalue weighted by molar-refractivity contribution is 6.10. The minimum absolute atomic E-state index is 0.371. The fraction of sp³-hybridized carbons (Fsp3) is 0.222. The van der Waals surface area contributed by atoms with Crippen molar-refractivity contribution in [2.75, 3.05) is 11.9 Å². The molecule has 34 heavy (non-hydrogen) atoms. The summed E-state index contributed by atoms with van der Waals surface area (Å²) in [5.41, 5.74) is 1.19. The van der Waals surface area contributed by atoms with Crippen molar-refractivity contribution < 1.29 is 19.1 Å². The van der Waals surface area contributed by atoms with E-state index in [0.29, 0.717) is 29.8 Å². The molecule has 1 saturated heterocycles. The van der Waals surface area contributed by atoms with Crippen molar-refractivity contribution in [3.05, 3.63) is 90.0 Å². The Morgan fingerprint density at radius 3 is 2.38 bits per heavy atom. The second-order valence-electron chi connectivity index (χ2n) is 8.33. The summed E-state index contributed by atoms with van der Waals surface area (Å²) in [6.07, 6.45) is 1.14. The molecule has 174 valence electrons. The van der Waals surface area contributed by atoms with Crippen LogP contribution in [0.1, 0.15) is 30.9 Å². The van der Waals surface area contributed by atoms with Gasteiger partial charge in [0.1, 0.15) is 23.6 Å². The molecule has 7 heteroatoms. The first kappa shape index (κ1) is 23.0. The Morgan fingerprint density at radius 1 is 0.971 bits per heavy atom. The number of hydrogen-bond donors (Lipinski definition) is 2. The molecule has 4 rings (SSSR count).